The quantitative estimate of drug-likeness (QED) is 0.0908. The van der Waals surface area contributed by atoms with E-state index < -0.39 is 17.7 Å². The van der Waals surface area contributed by atoms with Crippen molar-refractivity contribution in [3.63, 3.8) is 0 Å². The molecular weight excluding hydrogens is 532 g/mol. The summed E-state index contributed by atoms with van der Waals surface area (Å²) in [6.07, 6.45) is 2.62. The predicted molar refractivity (Wildman–Crippen MR) is 149 cm³/mol. The molecule has 214 valence electrons. The van der Waals surface area contributed by atoms with E-state index in [9.17, 15) is 9.59 Å². The number of hydrogen-bond donors (Lipinski definition) is 4. The number of aromatic amines is 1. The highest BCUT2D eigenvalue weighted by molar-refractivity contribution is 5.98. The van der Waals surface area contributed by atoms with E-state index in [0.29, 0.717) is 28.3 Å². The number of nitrogens with two attached hydrogens (primary N) is 1. The second kappa shape index (κ2) is 12.3. The Morgan fingerprint density at radius 2 is 1.83 bits per heavy atom. The molecule has 2 atom stereocenters. The first-order valence-electron chi connectivity index (χ1n) is 12.3. The monoisotopic (exact) mass is 562 g/mol. The third-order valence-electron chi connectivity index (χ3n) is 6.14. The number of aromatic nitrogens is 5. The van der Waals surface area contributed by atoms with Gasteiger partial charge in [-0.05, 0) is 42.8 Å². The molecule has 0 aliphatic carbocycles. The Kier molecular flexibility index (Phi) is 8.63. The molecule has 0 fully saturated rings. The molecule has 0 bridgehead atoms. The van der Waals surface area contributed by atoms with Crippen LogP contribution in [0, 0.1) is 5.41 Å². The number of anilines is 1. The van der Waals surface area contributed by atoms with Gasteiger partial charge in [-0.25, -0.2) is 14.8 Å². The molecule has 4 aromatic rings. The fraction of sp³-hybridized carbons (Fsp3) is 0.259. The highest BCUT2D eigenvalue weighted by Crippen LogP contribution is 2.40. The topological polar surface area (TPSA) is 192 Å². The average molecular weight is 563 g/mol. The molecule has 0 aliphatic rings. The number of ether oxygens (including phenoxy) is 4. The van der Waals surface area contributed by atoms with Crippen molar-refractivity contribution < 1.29 is 23.7 Å². The smallest absolute Gasteiger partial charge is 0.350 e. The van der Waals surface area contributed by atoms with Crippen LogP contribution in [0.2, 0.25) is 0 Å². The summed E-state index contributed by atoms with van der Waals surface area (Å²) in [7, 11) is 4.62. The van der Waals surface area contributed by atoms with Crippen LogP contribution in [-0.2, 0) is 9.53 Å². The van der Waals surface area contributed by atoms with Crippen LogP contribution in [0.4, 0.5) is 5.69 Å². The number of nitrogens with one attached hydrogen (secondary N) is 3. The van der Waals surface area contributed by atoms with Crippen molar-refractivity contribution in [1.29, 1.82) is 5.41 Å². The molecule has 2 aromatic heterocycles. The first-order valence-corrected chi connectivity index (χ1v) is 12.3. The van der Waals surface area contributed by atoms with Crippen LogP contribution in [0.3, 0.4) is 0 Å². The molecule has 0 spiro atoms. The second-order valence-corrected chi connectivity index (χ2v) is 8.80. The number of H-pyrrole nitrogens is 1. The van der Waals surface area contributed by atoms with E-state index >= 15 is 0 Å². The minimum absolute atomic E-state index is 0.0858. The van der Waals surface area contributed by atoms with Gasteiger partial charge in [0.1, 0.15) is 17.6 Å². The molecule has 5 N–H and O–H groups in total. The van der Waals surface area contributed by atoms with Gasteiger partial charge in [-0.2, -0.15) is 0 Å². The van der Waals surface area contributed by atoms with Gasteiger partial charge in [-0.1, -0.05) is 0 Å². The first kappa shape index (κ1) is 28.8. The SMILES string of the molecule is COc1cc(C(Nc2ccc(C(=N)N)c(OC(C)=O)c2)c2nn(-c3ncccn3)c(=O)[nH]2)cc(C(C)OC)c1OC. The molecule has 0 saturated heterocycles. The predicted octanol–water partition coefficient (Wildman–Crippen LogP) is 2.49. The van der Waals surface area contributed by atoms with Crippen LogP contribution in [0.15, 0.2) is 53.6 Å². The molecule has 0 amide bonds. The van der Waals surface area contributed by atoms with E-state index in [0.717, 1.165) is 4.68 Å². The summed E-state index contributed by atoms with van der Waals surface area (Å²) in [6, 6.07) is 9.16. The average Bonchev–Trinajstić information content (AvgIpc) is 3.35. The third kappa shape index (κ3) is 6.17. The molecule has 41 heavy (non-hydrogen) atoms. The number of hydrogen-bond acceptors (Lipinski definition) is 11. The van der Waals surface area contributed by atoms with E-state index in [-0.39, 0.29) is 35.0 Å². The van der Waals surface area contributed by atoms with Crippen molar-refractivity contribution in [2.75, 3.05) is 26.6 Å². The van der Waals surface area contributed by atoms with Crippen molar-refractivity contribution in [3.8, 4) is 23.2 Å². The minimum atomic E-state index is -0.788. The molecule has 2 unspecified atom stereocenters. The van der Waals surface area contributed by atoms with Crippen LogP contribution < -0.4 is 31.0 Å². The van der Waals surface area contributed by atoms with Gasteiger partial charge in [-0.3, -0.25) is 15.2 Å². The Bertz CT molecular complexity index is 1620. The van der Waals surface area contributed by atoms with Gasteiger partial charge in [0.25, 0.3) is 5.95 Å². The van der Waals surface area contributed by atoms with Gasteiger partial charge in [0, 0.05) is 43.7 Å². The molecule has 0 saturated carbocycles. The molecule has 2 aromatic carbocycles. The van der Waals surface area contributed by atoms with Crippen molar-refractivity contribution >= 4 is 17.5 Å². The molecule has 4 rings (SSSR count). The van der Waals surface area contributed by atoms with Crippen molar-refractivity contribution in [2.24, 2.45) is 5.73 Å². The van der Waals surface area contributed by atoms with E-state index in [2.05, 4.69) is 25.4 Å². The number of nitrogens with zero attached hydrogens (tertiary/aromatic N) is 4. The highest BCUT2D eigenvalue weighted by Gasteiger charge is 2.26. The van der Waals surface area contributed by atoms with Crippen molar-refractivity contribution in [3.05, 3.63) is 81.8 Å². The maximum Gasteiger partial charge on any atom is 0.350 e. The number of esters is 1. The normalized spacial score (nSPS) is 12.3. The van der Waals surface area contributed by atoms with Crippen LogP contribution in [0.1, 0.15) is 48.5 Å². The lowest BCUT2D eigenvalue weighted by Crippen LogP contribution is -2.18. The molecule has 2 heterocycles. The van der Waals surface area contributed by atoms with Gasteiger partial charge in [0.2, 0.25) is 0 Å². The molecular formula is C27H30N8O6. The van der Waals surface area contributed by atoms with Crippen LogP contribution >= 0.6 is 0 Å². The summed E-state index contributed by atoms with van der Waals surface area (Å²) in [5.74, 6) is 0.462. The van der Waals surface area contributed by atoms with Crippen LogP contribution in [-0.4, -0.2) is 57.9 Å². The van der Waals surface area contributed by atoms with Crippen LogP contribution in [0.25, 0.3) is 5.95 Å². The number of amidine groups is 1. The Balaban J connectivity index is 1.91. The standard InChI is InChI=1S/C27H30N8O6/c1-14(38-3)19-11-16(12-21(39-4)23(19)40-5)22(25-33-27(37)35(34-25)26-30-9-6-10-31-26)32-17-7-8-18(24(28)29)20(13-17)41-15(2)36/h6-14,22,32H,1-5H3,(H3,28,29)(H,33,34,37). The maximum atomic E-state index is 12.9. The van der Waals surface area contributed by atoms with Gasteiger partial charge < -0.3 is 30.0 Å². The number of nitrogen functional groups attached to an aromatic ring is 1. The summed E-state index contributed by atoms with van der Waals surface area (Å²) in [5, 5.41) is 15.6. The number of carbonyl (C=O) groups excluding carboxylic acids is 1. The fourth-order valence-corrected chi connectivity index (χ4v) is 4.17. The zero-order valence-electron chi connectivity index (χ0n) is 23.1. The Morgan fingerprint density at radius 3 is 2.44 bits per heavy atom. The molecule has 14 heteroatoms. The summed E-state index contributed by atoms with van der Waals surface area (Å²) in [4.78, 5) is 35.7. The Labute approximate surface area is 235 Å². The lowest BCUT2D eigenvalue weighted by Gasteiger charge is -2.23. The summed E-state index contributed by atoms with van der Waals surface area (Å²) >= 11 is 0. The Hall–Kier alpha value is -5.24. The van der Waals surface area contributed by atoms with Crippen molar-refractivity contribution in [1.82, 2.24) is 24.7 Å². The number of methoxy groups -OCH3 is 3. The van der Waals surface area contributed by atoms with Crippen molar-refractivity contribution in [2.45, 2.75) is 26.0 Å². The molecule has 0 aliphatic heterocycles. The molecule has 0 radical (unpaired) electrons. The van der Waals surface area contributed by atoms with Gasteiger partial charge in [0.15, 0.2) is 17.3 Å². The maximum absolute atomic E-state index is 12.9. The van der Waals surface area contributed by atoms with Crippen LogP contribution in [0.5, 0.6) is 17.2 Å². The summed E-state index contributed by atoms with van der Waals surface area (Å²) < 4.78 is 23.2. The lowest BCUT2D eigenvalue weighted by atomic mass is 9.98. The van der Waals surface area contributed by atoms with E-state index in [1.54, 1.807) is 31.4 Å². The number of rotatable bonds is 11. The fourth-order valence-electron chi connectivity index (χ4n) is 4.17. The summed E-state index contributed by atoms with van der Waals surface area (Å²) in [5.41, 5.74) is 7.15. The first-order chi connectivity index (χ1) is 19.7. The zero-order chi connectivity index (χ0) is 29.7. The summed E-state index contributed by atoms with van der Waals surface area (Å²) in [6.45, 7) is 3.11. The van der Waals surface area contributed by atoms with Gasteiger partial charge in [-0.15, -0.1) is 9.78 Å². The molecule has 14 nitrogen and oxygen atoms in total. The zero-order valence-corrected chi connectivity index (χ0v) is 23.1. The third-order valence-corrected chi connectivity index (χ3v) is 6.14. The largest absolute Gasteiger partial charge is 0.493 e. The number of benzene rings is 2. The van der Waals surface area contributed by atoms with Gasteiger partial charge in [0.05, 0.1) is 25.9 Å². The van der Waals surface area contributed by atoms with E-state index in [1.807, 2.05) is 13.0 Å². The second-order valence-electron chi connectivity index (χ2n) is 8.80. The highest BCUT2D eigenvalue weighted by atomic mass is 16.5. The van der Waals surface area contributed by atoms with E-state index in [1.165, 1.54) is 39.6 Å². The number of carbonyl (C=O) groups is 1. The van der Waals surface area contributed by atoms with E-state index in [4.69, 9.17) is 30.1 Å². The lowest BCUT2D eigenvalue weighted by molar-refractivity contribution is -0.131. The minimum Gasteiger partial charge on any atom is -0.493 e. The Morgan fingerprint density at radius 1 is 1.10 bits per heavy atom. The van der Waals surface area contributed by atoms with Gasteiger partial charge >= 0.3 is 11.7 Å².